The Morgan fingerprint density at radius 1 is 0.609 bits per heavy atom. The summed E-state index contributed by atoms with van der Waals surface area (Å²) in [5, 5.41) is 0. The van der Waals surface area contributed by atoms with E-state index in [-0.39, 0.29) is 12.1 Å². The number of rotatable bonds is 4. The Morgan fingerprint density at radius 3 is 1.96 bits per heavy atom. The lowest BCUT2D eigenvalue weighted by Crippen LogP contribution is -2.34. The van der Waals surface area contributed by atoms with Crippen LogP contribution in [0, 0.1) is 0 Å². The standard InChI is InChI=1S/C38H42N2O6/c1-39-15-13-25-20-32(42-4)34-22-28(25)29(39)18-24-9-12-31(41-3)33(19-24)45-27-10-7-23(8-11-27)17-30-36-26(14-16-40(30)2)21-35(43-5)37(44-6)38(36)46-34/h7-12,19-22,29-30H,13-18H2,1-6H3/t29-,30+/m0/s1. The second-order valence-corrected chi connectivity index (χ2v) is 12.5. The highest BCUT2D eigenvalue weighted by molar-refractivity contribution is 5.63. The van der Waals surface area contributed by atoms with Crippen LogP contribution in [0.1, 0.15) is 45.5 Å². The van der Waals surface area contributed by atoms with E-state index in [0.717, 1.165) is 55.6 Å². The van der Waals surface area contributed by atoms with Crippen molar-refractivity contribution >= 4 is 0 Å². The third kappa shape index (κ3) is 5.39. The van der Waals surface area contributed by atoms with Crippen molar-refractivity contribution in [2.45, 2.75) is 37.8 Å². The van der Waals surface area contributed by atoms with Crippen molar-refractivity contribution in [3.8, 4) is 46.0 Å². The number of ether oxygens (including phenoxy) is 6. The van der Waals surface area contributed by atoms with Gasteiger partial charge in [0.05, 0.1) is 28.4 Å². The average Bonchev–Trinajstić information content (AvgIpc) is 3.07. The van der Waals surface area contributed by atoms with Crippen molar-refractivity contribution in [2.75, 3.05) is 55.6 Å². The number of hydrogen-bond donors (Lipinski definition) is 0. The molecule has 4 aliphatic rings. The molecule has 0 radical (unpaired) electrons. The molecule has 8 rings (SSSR count). The Balaban J connectivity index is 1.46. The molecule has 4 heterocycles. The molecule has 0 N–H and O–H groups in total. The molecule has 0 amide bonds. The Bertz CT molecular complexity index is 1750. The lowest BCUT2D eigenvalue weighted by Gasteiger charge is -2.37. The van der Waals surface area contributed by atoms with Gasteiger partial charge in [0.15, 0.2) is 34.5 Å². The van der Waals surface area contributed by atoms with E-state index in [1.807, 2.05) is 18.2 Å². The molecular weight excluding hydrogens is 580 g/mol. The summed E-state index contributed by atoms with van der Waals surface area (Å²) in [5.74, 6) is 5.46. The van der Waals surface area contributed by atoms with Crippen molar-refractivity contribution < 1.29 is 28.4 Å². The third-order valence-electron chi connectivity index (χ3n) is 9.85. The molecule has 0 fully saturated rings. The van der Waals surface area contributed by atoms with Crippen molar-refractivity contribution in [1.82, 2.24) is 9.80 Å². The van der Waals surface area contributed by atoms with Crippen molar-refractivity contribution in [2.24, 2.45) is 0 Å². The molecule has 4 aliphatic heterocycles. The molecule has 0 saturated carbocycles. The summed E-state index contributed by atoms with van der Waals surface area (Å²) in [4.78, 5) is 4.81. The molecule has 0 aliphatic carbocycles. The van der Waals surface area contributed by atoms with Crippen LogP contribution in [0.3, 0.4) is 0 Å². The highest BCUT2D eigenvalue weighted by Gasteiger charge is 2.34. The zero-order chi connectivity index (χ0) is 31.9. The Morgan fingerprint density at radius 2 is 1.24 bits per heavy atom. The van der Waals surface area contributed by atoms with Gasteiger partial charge in [-0.25, -0.2) is 0 Å². The predicted molar refractivity (Wildman–Crippen MR) is 178 cm³/mol. The number of methoxy groups -OCH3 is 4. The smallest absolute Gasteiger partial charge is 0.204 e. The van der Waals surface area contributed by atoms with Gasteiger partial charge in [0, 0.05) is 30.7 Å². The third-order valence-corrected chi connectivity index (χ3v) is 9.85. The van der Waals surface area contributed by atoms with Gasteiger partial charge in [0.2, 0.25) is 5.75 Å². The SMILES string of the molecule is COc1ccc2cc1Oc1ccc(cc1)C[C@@H]1c3c(cc(OC)c(OC)c3Oc3cc4c(cc3OC)CCN(C)[C@H]4C2)CCN1C. The number of hydrogen-bond acceptors (Lipinski definition) is 8. The minimum atomic E-state index is 0.0449. The zero-order valence-electron chi connectivity index (χ0n) is 27.5. The zero-order valence-corrected chi connectivity index (χ0v) is 27.5. The molecule has 0 spiro atoms. The van der Waals surface area contributed by atoms with Crippen molar-refractivity contribution in [1.29, 1.82) is 0 Å². The van der Waals surface area contributed by atoms with Crippen LogP contribution < -0.4 is 28.4 Å². The molecule has 0 unspecified atom stereocenters. The van der Waals surface area contributed by atoms with E-state index in [2.05, 4.69) is 66.4 Å². The van der Waals surface area contributed by atoms with E-state index in [1.54, 1.807) is 28.4 Å². The molecule has 0 saturated heterocycles. The van der Waals surface area contributed by atoms with E-state index in [1.165, 1.54) is 22.3 Å². The topological polar surface area (TPSA) is 61.9 Å². The number of nitrogens with zero attached hydrogens (tertiary/aromatic N) is 2. The first kappa shape index (κ1) is 30.3. The highest BCUT2D eigenvalue weighted by atomic mass is 16.5. The van der Waals surface area contributed by atoms with Crippen LogP contribution in [0.5, 0.6) is 46.0 Å². The molecule has 8 nitrogen and oxygen atoms in total. The Labute approximate surface area is 271 Å². The Hall–Kier alpha value is -4.40. The fourth-order valence-electron chi connectivity index (χ4n) is 7.28. The molecule has 4 aromatic carbocycles. The largest absolute Gasteiger partial charge is 0.493 e. The fraction of sp³-hybridized carbons (Fsp3) is 0.368. The van der Waals surface area contributed by atoms with Gasteiger partial charge >= 0.3 is 0 Å². The summed E-state index contributed by atoms with van der Waals surface area (Å²) < 4.78 is 37.1. The second-order valence-electron chi connectivity index (χ2n) is 12.5. The van der Waals surface area contributed by atoms with Crippen molar-refractivity contribution in [3.05, 3.63) is 94.0 Å². The molecular formula is C38H42N2O6. The van der Waals surface area contributed by atoms with E-state index in [0.29, 0.717) is 40.2 Å². The lowest BCUT2D eigenvalue weighted by molar-refractivity contribution is 0.220. The summed E-state index contributed by atoms with van der Waals surface area (Å²) in [5.41, 5.74) is 7.15. The minimum absolute atomic E-state index is 0.0449. The average molecular weight is 623 g/mol. The van der Waals surface area contributed by atoms with Gasteiger partial charge in [0.25, 0.3) is 0 Å². The highest BCUT2D eigenvalue weighted by Crippen LogP contribution is 2.51. The summed E-state index contributed by atoms with van der Waals surface area (Å²) in [6, 6.07) is 21.2. The maximum absolute atomic E-state index is 7.03. The van der Waals surface area contributed by atoms with E-state index >= 15 is 0 Å². The van der Waals surface area contributed by atoms with E-state index < -0.39 is 0 Å². The fourth-order valence-corrected chi connectivity index (χ4v) is 7.28. The van der Waals surface area contributed by atoms with Crippen LogP contribution in [0.25, 0.3) is 0 Å². The van der Waals surface area contributed by atoms with Gasteiger partial charge in [-0.3, -0.25) is 9.80 Å². The lowest BCUT2D eigenvalue weighted by atomic mass is 9.87. The molecule has 8 heteroatoms. The molecule has 2 atom stereocenters. The second kappa shape index (κ2) is 12.4. The van der Waals surface area contributed by atoms with Crippen LogP contribution in [0.15, 0.2) is 60.7 Å². The predicted octanol–water partition coefficient (Wildman–Crippen LogP) is 7.16. The van der Waals surface area contributed by atoms with Crippen LogP contribution in [0.4, 0.5) is 0 Å². The van der Waals surface area contributed by atoms with Crippen LogP contribution >= 0.6 is 0 Å². The van der Waals surface area contributed by atoms with E-state index in [9.17, 15) is 0 Å². The molecule has 0 aromatic heterocycles. The van der Waals surface area contributed by atoms with Gasteiger partial charge in [-0.15, -0.1) is 0 Å². The van der Waals surface area contributed by atoms with Gasteiger partial charge in [-0.1, -0.05) is 18.2 Å². The summed E-state index contributed by atoms with van der Waals surface area (Å²) in [6.07, 6.45) is 3.37. The van der Waals surface area contributed by atoms with E-state index in [4.69, 9.17) is 28.4 Å². The monoisotopic (exact) mass is 622 g/mol. The van der Waals surface area contributed by atoms with Crippen LogP contribution in [-0.4, -0.2) is 65.4 Å². The summed E-state index contributed by atoms with van der Waals surface area (Å²) in [7, 11) is 11.1. The molecule has 6 bridgehead atoms. The first-order chi connectivity index (χ1) is 22.4. The summed E-state index contributed by atoms with van der Waals surface area (Å²) >= 11 is 0. The maximum Gasteiger partial charge on any atom is 0.204 e. The van der Waals surface area contributed by atoms with Gasteiger partial charge in [-0.05, 0) is 110 Å². The normalized spacial score (nSPS) is 19.2. The van der Waals surface area contributed by atoms with Gasteiger partial charge in [0.1, 0.15) is 5.75 Å². The number of likely N-dealkylation sites (N-methyl/N-ethyl adjacent to an activating group) is 2. The maximum atomic E-state index is 7.03. The Kier molecular flexibility index (Phi) is 8.17. The van der Waals surface area contributed by atoms with Gasteiger partial charge in [-0.2, -0.15) is 0 Å². The minimum Gasteiger partial charge on any atom is -0.493 e. The quantitative estimate of drug-likeness (QED) is 0.238. The molecule has 46 heavy (non-hydrogen) atoms. The van der Waals surface area contributed by atoms with Crippen LogP contribution in [0.2, 0.25) is 0 Å². The first-order valence-corrected chi connectivity index (χ1v) is 15.9. The van der Waals surface area contributed by atoms with Crippen molar-refractivity contribution in [3.63, 3.8) is 0 Å². The summed E-state index contributed by atoms with van der Waals surface area (Å²) in [6.45, 7) is 1.86. The number of fused-ring (bicyclic) bond motifs is 2. The van der Waals surface area contributed by atoms with Crippen LogP contribution in [-0.2, 0) is 25.7 Å². The number of benzene rings is 4. The first-order valence-electron chi connectivity index (χ1n) is 15.9. The molecule has 240 valence electrons. The van der Waals surface area contributed by atoms with Gasteiger partial charge < -0.3 is 28.4 Å². The molecule has 4 aromatic rings.